The second-order valence-electron chi connectivity index (χ2n) is 4.84. The van der Waals surface area contributed by atoms with Gasteiger partial charge in [-0.1, -0.05) is 22.9 Å². The van der Waals surface area contributed by atoms with Crippen LogP contribution in [0.25, 0.3) is 0 Å². The number of benzene rings is 1. The lowest BCUT2D eigenvalue weighted by molar-refractivity contribution is 0.158. The maximum Gasteiger partial charge on any atom is 0.127 e. The van der Waals surface area contributed by atoms with Gasteiger partial charge in [-0.15, -0.1) is 0 Å². The number of methoxy groups -OCH3 is 1. The third kappa shape index (κ3) is 3.46. The van der Waals surface area contributed by atoms with Crippen molar-refractivity contribution in [3.05, 3.63) is 27.7 Å². The highest BCUT2D eigenvalue weighted by Gasteiger charge is 2.17. The summed E-state index contributed by atoms with van der Waals surface area (Å²) in [5, 5.41) is 3.46. The number of rotatable bonds is 6. The van der Waals surface area contributed by atoms with Gasteiger partial charge in [0.2, 0.25) is 0 Å². The molecule has 0 fully saturated rings. The molecule has 1 aliphatic rings. The van der Waals surface area contributed by atoms with Crippen LogP contribution in [0.5, 0.6) is 5.75 Å². The van der Waals surface area contributed by atoms with E-state index in [2.05, 4.69) is 40.3 Å². The Morgan fingerprint density at radius 1 is 1.50 bits per heavy atom. The first kappa shape index (κ1) is 13.8. The molecule has 0 radical (unpaired) electrons. The van der Waals surface area contributed by atoms with E-state index in [4.69, 9.17) is 9.47 Å². The fourth-order valence-electron chi connectivity index (χ4n) is 2.27. The molecule has 1 unspecified atom stereocenters. The minimum Gasteiger partial charge on any atom is -0.493 e. The van der Waals surface area contributed by atoms with Crippen molar-refractivity contribution in [3.8, 4) is 5.75 Å². The Hall–Kier alpha value is -0.580. The zero-order chi connectivity index (χ0) is 13.0. The number of halogens is 1. The molecule has 1 N–H and O–H groups in total. The van der Waals surface area contributed by atoms with Crippen LogP contribution >= 0.6 is 15.9 Å². The van der Waals surface area contributed by atoms with Crippen LogP contribution in [0, 0.1) is 5.92 Å². The van der Waals surface area contributed by atoms with E-state index >= 15 is 0 Å². The van der Waals surface area contributed by atoms with E-state index in [1.54, 1.807) is 7.11 Å². The van der Waals surface area contributed by atoms with Gasteiger partial charge in [0, 0.05) is 43.3 Å². The molecular weight excluding hydrogens is 294 g/mol. The second kappa shape index (κ2) is 6.55. The first-order valence-electron chi connectivity index (χ1n) is 6.34. The predicted molar refractivity (Wildman–Crippen MR) is 76.1 cm³/mol. The molecular formula is C14H20BrNO2. The van der Waals surface area contributed by atoms with Crippen molar-refractivity contribution in [1.82, 2.24) is 5.32 Å². The van der Waals surface area contributed by atoms with Gasteiger partial charge in [-0.05, 0) is 23.6 Å². The quantitative estimate of drug-likeness (QED) is 0.876. The molecule has 1 heterocycles. The fourth-order valence-corrected chi connectivity index (χ4v) is 2.83. The van der Waals surface area contributed by atoms with Crippen LogP contribution in [-0.4, -0.2) is 26.9 Å². The molecule has 18 heavy (non-hydrogen) atoms. The summed E-state index contributed by atoms with van der Waals surface area (Å²) in [6.07, 6.45) is 1.02. The van der Waals surface area contributed by atoms with Crippen LogP contribution in [0.3, 0.4) is 0 Å². The Labute approximate surface area is 117 Å². The van der Waals surface area contributed by atoms with Gasteiger partial charge >= 0.3 is 0 Å². The monoisotopic (exact) mass is 313 g/mol. The molecule has 0 saturated carbocycles. The summed E-state index contributed by atoms with van der Waals surface area (Å²) >= 11 is 3.56. The van der Waals surface area contributed by atoms with Crippen LogP contribution < -0.4 is 10.1 Å². The average molecular weight is 314 g/mol. The van der Waals surface area contributed by atoms with E-state index in [1.807, 2.05) is 0 Å². The van der Waals surface area contributed by atoms with Gasteiger partial charge in [0.25, 0.3) is 0 Å². The van der Waals surface area contributed by atoms with E-state index in [0.717, 1.165) is 42.9 Å². The molecule has 0 saturated heterocycles. The average Bonchev–Trinajstić information content (AvgIpc) is 2.77. The SMILES string of the molecule is COCC(C)CNCc1cc(Br)cc2c1OCC2. The van der Waals surface area contributed by atoms with Crippen LogP contribution in [-0.2, 0) is 17.7 Å². The minimum atomic E-state index is 0.524. The Kier molecular flexibility index (Phi) is 5.03. The van der Waals surface area contributed by atoms with Crippen molar-refractivity contribution in [2.45, 2.75) is 19.9 Å². The molecule has 100 valence electrons. The van der Waals surface area contributed by atoms with Gasteiger partial charge in [-0.25, -0.2) is 0 Å². The van der Waals surface area contributed by atoms with Crippen molar-refractivity contribution in [2.75, 3.05) is 26.9 Å². The Balaban J connectivity index is 1.93. The fraction of sp³-hybridized carbons (Fsp3) is 0.571. The highest BCUT2D eigenvalue weighted by Crippen LogP contribution is 2.32. The smallest absolute Gasteiger partial charge is 0.127 e. The van der Waals surface area contributed by atoms with Crippen molar-refractivity contribution in [2.24, 2.45) is 5.92 Å². The van der Waals surface area contributed by atoms with Gasteiger partial charge in [-0.2, -0.15) is 0 Å². The molecule has 0 bridgehead atoms. The molecule has 1 aromatic rings. The maximum atomic E-state index is 5.70. The minimum absolute atomic E-state index is 0.524. The summed E-state index contributed by atoms with van der Waals surface area (Å²) < 4.78 is 12.0. The first-order chi connectivity index (χ1) is 8.70. The van der Waals surface area contributed by atoms with E-state index < -0.39 is 0 Å². The lowest BCUT2D eigenvalue weighted by Crippen LogP contribution is -2.23. The summed E-state index contributed by atoms with van der Waals surface area (Å²) in [6, 6.07) is 4.29. The predicted octanol–water partition coefficient (Wildman–Crippen LogP) is 2.76. The molecule has 1 aliphatic heterocycles. The molecule has 1 atom stereocenters. The van der Waals surface area contributed by atoms with E-state index in [9.17, 15) is 0 Å². The summed E-state index contributed by atoms with van der Waals surface area (Å²) in [5.41, 5.74) is 2.55. The Morgan fingerprint density at radius 3 is 3.11 bits per heavy atom. The molecule has 0 aromatic heterocycles. The molecule has 4 heteroatoms. The summed E-state index contributed by atoms with van der Waals surface area (Å²) in [6.45, 7) is 5.57. The summed E-state index contributed by atoms with van der Waals surface area (Å²) in [5.74, 6) is 1.60. The number of nitrogens with one attached hydrogen (secondary N) is 1. The van der Waals surface area contributed by atoms with Crippen LogP contribution in [0.15, 0.2) is 16.6 Å². The molecule has 2 rings (SSSR count). The zero-order valence-corrected chi connectivity index (χ0v) is 12.5. The lowest BCUT2D eigenvalue weighted by Gasteiger charge is -2.13. The van der Waals surface area contributed by atoms with Crippen molar-refractivity contribution >= 4 is 15.9 Å². The largest absolute Gasteiger partial charge is 0.493 e. The molecule has 0 amide bonds. The van der Waals surface area contributed by atoms with E-state index in [-0.39, 0.29) is 0 Å². The van der Waals surface area contributed by atoms with Gasteiger partial charge in [0.1, 0.15) is 5.75 Å². The van der Waals surface area contributed by atoms with Gasteiger partial charge < -0.3 is 14.8 Å². The highest BCUT2D eigenvalue weighted by atomic mass is 79.9. The van der Waals surface area contributed by atoms with Crippen LogP contribution in [0.1, 0.15) is 18.1 Å². The first-order valence-corrected chi connectivity index (χ1v) is 7.13. The van der Waals surface area contributed by atoms with Crippen molar-refractivity contribution in [3.63, 3.8) is 0 Å². The molecule has 0 spiro atoms. The Morgan fingerprint density at radius 2 is 2.33 bits per heavy atom. The van der Waals surface area contributed by atoms with E-state index in [0.29, 0.717) is 5.92 Å². The zero-order valence-electron chi connectivity index (χ0n) is 11.0. The summed E-state index contributed by atoms with van der Waals surface area (Å²) in [7, 11) is 1.74. The summed E-state index contributed by atoms with van der Waals surface area (Å²) in [4.78, 5) is 0. The molecule has 1 aromatic carbocycles. The standard InChI is InChI=1S/C14H20BrNO2/c1-10(9-17-2)7-16-8-12-6-13(15)5-11-3-4-18-14(11)12/h5-6,10,16H,3-4,7-9H2,1-2H3. The van der Waals surface area contributed by atoms with Gasteiger partial charge in [-0.3, -0.25) is 0 Å². The molecule has 3 nitrogen and oxygen atoms in total. The normalized spacial score (nSPS) is 15.3. The van der Waals surface area contributed by atoms with Crippen LogP contribution in [0.4, 0.5) is 0 Å². The second-order valence-corrected chi connectivity index (χ2v) is 5.76. The van der Waals surface area contributed by atoms with Crippen molar-refractivity contribution < 1.29 is 9.47 Å². The van der Waals surface area contributed by atoms with Gasteiger partial charge in [0.05, 0.1) is 6.61 Å². The topological polar surface area (TPSA) is 30.5 Å². The maximum absolute atomic E-state index is 5.70. The molecule has 0 aliphatic carbocycles. The third-order valence-electron chi connectivity index (χ3n) is 3.08. The number of hydrogen-bond donors (Lipinski definition) is 1. The van der Waals surface area contributed by atoms with Crippen LogP contribution in [0.2, 0.25) is 0 Å². The Bertz CT molecular complexity index is 409. The van der Waals surface area contributed by atoms with E-state index in [1.165, 1.54) is 11.1 Å². The van der Waals surface area contributed by atoms with Gasteiger partial charge in [0.15, 0.2) is 0 Å². The number of fused-ring (bicyclic) bond motifs is 1. The number of ether oxygens (including phenoxy) is 2. The highest BCUT2D eigenvalue weighted by molar-refractivity contribution is 9.10. The van der Waals surface area contributed by atoms with Crippen molar-refractivity contribution in [1.29, 1.82) is 0 Å². The lowest BCUT2D eigenvalue weighted by atomic mass is 10.1. The number of hydrogen-bond acceptors (Lipinski definition) is 3. The third-order valence-corrected chi connectivity index (χ3v) is 3.54.